The number of aryl methyl sites for hydroxylation is 2. The van der Waals surface area contributed by atoms with Gasteiger partial charge in [-0.15, -0.1) is 0 Å². The second-order valence-electron chi connectivity index (χ2n) is 6.35. The van der Waals surface area contributed by atoms with E-state index in [1.54, 1.807) is 26.8 Å². The molecule has 1 N–H and O–H groups in total. The van der Waals surface area contributed by atoms with Gasteiger partial charge in [-0.2, -0.15) is 0 Å². The molecule has 7 nitrogen and oxygen atoms in total. The standard InChI is InChI=1S/C17H20N2O5/c1-10-5-6-11(2)12(7-10)13(20)9-24-14(21)8-19-15(22)17(3,4)18-16(19)23/h5-7H,8-9H2,1-4H3,(H,18,23). The molecule has 1 aromatic carbocycles. The number of imide groups is 1. The van der Waals surface area contributed by atoms with Crippen LogP contribution in [0.15, 0.2) is 18.2 Å². The molecular weight excluding hydrogens is 312 g/mol. The third-order valence-corrected chi connectivity index (χ3v) is 3.79. The van der Waals surface area contributed by atoms with E-state index in [1.807, 2.05) is 19.1 Å². The minimum absolute atomic E-state index is 0.331. The van der Waals surface area contributed by atoms with Crippen molar-refractivity contribution in [2.24, 2.45) is 0 Å². The highest BCUT2D eigenvalue weighted by Gasteiger charge is 2.45. The molecule has 0 unspecified atom stereocenters. The van der Waals surface area contributed by atoms with Crippen LogP contribution in [0.5, 0.6) is 0 Å². The Morgan fingerprint density at radius 1 is 1.21 bits per heavy atom. The highest BCUT2D eigenvalue weighted by Crippen LogP contribution is 2.16. The summed E-state index contributed by atoms with van der Waals surface area (Å²) in [6, 6.07) is 4.78. The SMILES string of the molecule is Cc1ccc(C)c(C(=O)COC(=O)CN2C(=O)NC(C)(C)C2=O)c1. The Bertz CT molecular complexity index is 724. The molecule has 0 aromatic heterocycles. The van der Waals surface area contributed by atoms with Gasteiger partial charge in [0, 0.05) is 5.56 Å². The zero-order valence-electron chi connectivity index (χ0n) is 14.1. The summed E-state index contributed by atoms with van der Waals surface area (Å²) in [4.78, 5) is 48.5. The van der Waals surface area contributed by atoms with Crippen LogP contribution in [0, 0.1) is 13.8 Å². The molecule has 7 heteroatoms. The van der Waals surface area contributed by atoms with E-state index in [-0.39, 0.29) is 5.78 Å². The molecule has 0 radical (unpaired) electrons. The zero-order valence-corrected chi connectivity index (χ0v) is 14.1. The normalized spacial score (nSPS) is 16.1. The van der Waals surface area contributed by atoms with E-state index in [0.717, 1.165) is 16.0 Å². The third kappa shape index (κ3) is 3.61. The van der Waals surface area contributed by atoms with Gasteiger partial charge in [0.15, 0.2) is 6.61 Å². The molecule has 1 saturated heterocycles. The molecule has 1 heterocycles. The molecule has 128 valence electrons. The van der Waals surface area contributed by atoms with Crippen LogP contribution in [0.4, 0.5) is 4.79 Å². The molecule has 2 rings (SSSR count). The predicted molar refractivity (Wildman–Crippen MR) is 85.5 cm³/mol. The fraction of sp³-hybridized carbons (Fsp3) is 0.412. The lowest BCUT2D eigenvalue weighted by Crippen LogP contribution is -2.41. The minimum atomic E-state index is -1.05. The van der Waals surface area contributed by atoms with Gasteiger partial charge in [0.1, 0.15) is 12.1 Å². The van der Waals surface area contributed by atoms with Crippen molar-refractivity contribution in [2.45, 2.75) is 33.2 Å². The number of carbonyl (C=O) groups is 4. The first kappa shape index (κ1) is 17.7. The average Bonchev–Trinajstić information content (AvgIpc) is 2.69. The van der Waals surface area contributed by atoms with E-state index in [2.05, 4.69) is 5.32 Å². The third-order valence-electron chi connectivity index (χ3n) is 3.79. The van der Waals surface area contributed by atoms with Crippen molar-refractivity contribution in [3.05, 3.63) is 34.9 Å². The fourth-order valence-electron chi connectivity index (χ4n) is 2.40. The number of nitrogens with zero attached hydrogens (tertiary/aromatic N) is 1. The van der Waals surface area contributed by atoms with E-state index in [9.17, 15) is 19.2 Å². The number of ether oxygens (including phenoxy) is 1. The van der Waals surface area contributed by atoms with Crippen molar-refractivity contribution in [1.29, 1.82) is 0 Å². The summed E-state index contributed by atoms with van der Waals surface area (Å²) < 4.78 is 4.92. The maximum Gasteiger partial charge on any atom is 0.326 e. The molecule has 0 spiro atoms. The van der Waals surface area contributed by atoms with Gasteiger partial charge in [0.2, 0.25) is 5.78 Å². The summed E-state index contributed by atoms with van der Waals surface area (Å²) in [5.41, 5.74) is 1.15. The van der Waals surface area contributed by atoms with Gasteiger partial charge in [0.05, 0.1) is 0 Å². The van der Waals surface area contributed by atoms with E-state index in [4.69, 9.17) is 4.74 Å². The Hall–Kier alpha value is -2.70. The second kappa shape index (κ2) is 6.43. The molecule has 0 saturated carbocycles. The lowest BCUT2D eigenvalue weighted by atomic mass is 10.0. The smallest absolute Gasteiger partial charge is 0.326 e. The van der Waals surface area contributed by atoms with Crippen molar-refractivity contribution in [3.8, 4) is 0 Å². The van der Waals surface area contributed by atoms with E-state index >= 15 is 0 Å². The van der Waals surface area contributed by atoms with Crippen molar-refractivity contribution in [3.63, 3.8) is 0 Å². The van der Waals surface area contributed by atoms with Gasteiger partial charge in [-0.05, 0) is 39.3 Å². The number of nitrogens with one attached hydrogen (secondary N) is 1. The van der Waals surface area contributed by atoms with Gasteiger partial charge >= 0.3 is 12.0 Å². The number of ketones is 1. The number of hydrogen-bond acceptors (Lipinski definition) is 5. The number of carbonyl (C=O) groups excluding carboxylic acids is 4. The molecule has 3 amide bonds. The van der Waals surface area contributed by atoms with Gasteiger partial charge in [-0.3, -0.25) is 19.3 Å². The predicted octanol–water partition coefficient (Wildman–Crippen LogP) is 1.36. The summed E-state index contributed by atoms with van der Waals surface area (Å²) in [5, 5.41) is 2.47. The Morgan fingerprint density at radius 2 is 1.88 bits per heavy atom. The lowest BCUT2D eigenvalue weighted by Gasteiger charge is -2.15. The van der Waals surface area contributed by atoms with Gasteiger partial charge < -0.3 is 10.1 Å². The quantitative estimate of drug-likeness (QED) is 0.499. The molecule has 24 heavy (non-hydrogen) atoms. The van der Waals surface area contributed by atoms with Crippen molar-refractivity contribution in [1.82, 2.24) is 10.2 Å². The number of benzene rings is 1. The Morgan fingerprint density at radius 3 is 2.46 bits per heavy atom. The summed E-state index contributed by atoms with van der Waals surface area (Å²) >= 11 is 0. The molecular formula is C17H20N2O5. The minimum Gasteiger partial charge on any atom is -0.456 e. The Balaban J connectivity index is 1.94. The summed E-state index contributed by atoms with van der Waals surface area (Å²) in [5.74, 6) is -1.65. The summed E-state index contributed by atoms with van der Waals surface area (Å²) in [6.07, 6.45) is 0. The molecule has 1 aromatic rings. The average molecular weight is 332 g/mol. The van der Waals surface area contributed by atoms with Crippen molar-refractivity contribution in [2.75, 3.05) is 13.2 Å². The van der Waals surface area contributed by atoms with Gasteiger partial charge in [-0.1, -0.05) is 17.7 Å². The number of rotatable bonds is 5. The molecule has 0 atom stereocenters. The zero-order chi connectivity index (χ0) is 18.1. The first-order chi connectivity index (χ1) is 11.1. The maximum atomic E-state index is 12.2. The van der Waals surface area contributed by atoms with Crippen LogP contribution in [0.3, 0.4) is 0 Å². The second-order valence-corrected chi connectivity index (χ2v) is 6.35. The largest absolute Gasteiger partial charge is 0.456 e. The Labute approximate surface area is 140 Å². The van der Waals surface area contributed by atoms with E-state index in [1.165, 1.54) is 0 Å². The number of Topliss-reactive ketones (excluding diaryl/α,β-unsaturated/α-hetero) is 1. The monoisotopic (exact) mass is 332 g/mol. The lowest BCUT2D eigenvalue weighted by molar-refractivity contribution is -0.146. The van der Waals surface area contributed by atoms with Gasteiger partial charge in [0.25, 0.3) is 5.91 Å². The van der Waals surface area contributed by atoms with Crippen molar-refractivity contribution >= 4 is 23.7 Å². The topological polar surface area (TPSA) is 92.8 Å². The van der Waals surface area contributed by atoms with E-state index < -0.39 is 36.6 Å². The van der Waals surface area contributed by atoms with Crippen LogP contribution >= 0.6 is 0 Å². The maximum absolute atomic E-state index is 12.2. The van der Waals surface area contributed by atoms with Crippen LogP contribution in [0.2, 0.25) is 0 Å². The van der Waals surface area contributed by atoms with Crippen LogP contribution in [-0.4, -0.2) is 47.3 Å². The van der Waals surface area contributed by atoms with Crippen LogP contribution in [0.25, 0.3) is 0 Å². The highest BCUT2D eigenvalue weighted by molar-refractivity contribution is 6.08. The number of amides is 3. The number of esters is 1. The first-order valence-electron chi connectivity index (χ1n) is 7.52. The Kier molecular flexibility index (Phi) is 4.73. The summed E-state index contributed by atoms with van der Waals surface area (Å²) in [6.45, 7) is 5.79. The highest BCUT2D eigenvalue weighted by atomic mass is 16.5. The van der Waals surface area contributed by atoms with Crippen LogP contribution in [0.1, 0.15) is 35.3 Å². The first-order valence-corrected chi connectivity index (χ1v) is 7.52. The molecule has 0 bridgehead atoms. The van der Waals surface area contributed by atoms with Crippen LogP contribution < -0.4 is 5.32 Å². The molecule has 1 fully saturated rings. The van der Waals surface area contributed by atoms with Gasteiger partial charge in [-0.25, -0.2) is 4.79 Å². The van der Waals surface area contributed by atoms with E-state index in [0.29, 0.717) is 5.56 Å². The number of urea groups is 1. The summed E-state index contributed by atoms with van der Waals surface area (Å²) in [7, 11) is 0. The molecule has 1 aliphatic rings. The van der Waals surface area contributed by atoms with Crippen molar-refractivity contribution < 1.29 is 23.9 Å². The fourth-order valence-corrected chi connectivity index (χ4v) is 2.40. The number of hydrogen-bond donors (Lipinski definition) is 1. The molecule has 0 aliphatic carbocycles. The molecule has 1 aliphatic heterocycles. The van der Waals surface area contributed by atoms with Crippen LogP contribution in [-0.2, 0) is 14.3 Å².